The molecule has 6 nitrogen and oxygen atoms in total. The van der Waals surface area contributed by atoms with Crippen LogP contribution in [0.5, 0.6) is 11.5 Å². The van der Waals surface area contributed by atoms with Gasteiger partial charge in [-0.1, -0.05) is 26.7 Å². The molecule has 0 amide bonds. The summed E-state index contributed by atoms with van der Waals surface area (Å²) in [7, 11) is 0. The second-order valence-corrected chi connectivity index (χ2v) is 16.1. The third-order valence-corrected chi connectivity index (χ3v) is 13.5. The molecule has 5 heterocycles. The number of hydrogen-bond acceptors (Lipinski definition) is 11. The van der Waals surface area contributed by atoms with Gasteiger partial charge >= 0.3 is 0 Å². The van der Waals surface area contributed by atoms with Gasteiger partial charge < -0.3 is 9.47 Å². The second kappa shape index (κ2) is 16.8. The first-order valence-corrected chi connectivity index (χ1v) is 19.9. The predicted octanol–water partition coefficient (Wildman–Crippen LogP) is 12.2. The van der Waals surface area contributed by atoms with Crippen LogP contribution in [0.2, 0.25) is 0 Å². The predicted molar refractivity (Wildman–Crippen MR) is 206 cm³/mol. The smallest absolute Gasteiger partial charge is 0.139 e. The van der Waals surface area contributed by atoms with Crippen molar-refractivity contribution in [2.75, 3.05) is 13.2 Å². The maximum Gasteiger partial charge on any atom is 0.139 e. The van der Waals surface area contributed by atoms with Gasteiger partial charge in [0.1, 0.15) is 46.9 Å². The lowest BCUT2D eigenvalue weighted by Crippen LogP contribution is -1.90. The van der Waals surface area contributed by atoms with Crippen LogP contribution in [0.3, 0.4) is 0 Å². The molecule has 0 atom stereocenters. The molecule has 49 heavy (non-hydrogen) atoms. The molecule has 0 aliphatic rings. The van der Waals surface area contributed by atoms with Gasteiger partial charge in [-0.2, -0.15) is 21.0 Å². The molecule has 5 rings (SSSR count). The quantitative estimate of drug-likeness (QED) is 0.105. The highest BCUT2D eigenvalue weighted by Crippen LogP contribution is 2.52. The highest BCUT2D eigenvalue weighted by atomic mass is 32.1. The van der Waals surface area contributed by atoms with Gasteiger partial charge in [0, 0.05) is 51.1 Å². The molecule has 0 aliphatic carbocycles. The molecule has 0 radical (unpaired) electrons. The molecule has 0 unspecified atom stereocenters. The molecule has 5 aromatic rings. The third kappa shape index (κ3) is 8.06. The van der Waals surface area contributed by atoms with Gasteiger partial charge in [0.2, 0.25) is 0 Å². The number of allylic oxidation sites excluding steroid dienone is 2. The molecule has 11 heteroatoms. The van der Waals surface area contributed by atoms with Crippen LogP contribution in [-0.4, -0.2) is 13.2 Å². The lowest BCUT2D eigenvalue weighted by Gasteiger charge is -2.03. The van der Waals surface area contributed by atoms with Crippen LogP contribution in [0.25, 0.3) is 51.2 Å². The zero-order valence-electron chi connectivity index (χ0n) is 27.5. The van der Waals surface area contributed by atoms with Crippen molar-refractivity contribution in [2.45, 2.75) is 53.4 Å². The Balaban J connectivity index is 1.55. The molecular weight excluding hydrogens is 705 g/mol. The molecule has 0 bridgehead atoms. The van der Waals surface area contributed by atoms with Gasteiger partial charge in [-0.25, -0.2) is 0 Å². The Morgan fingerprint density at radius 1 is 0.551 bits per heavy atom. The van der Waals surface area contributed by atoms with Crippen LogP contribution in [0, 0.1) is 45.3 Å². The maximum atomic E-state index is 9.30. The largest absolute Gasteiger partial charge is 0.492 e. The van der Waals surface area contributed by atoms with Crippen molar-refractivity contribution in [1.82, 2.24) is 0 Å². The van der Waals surface area contributed by atoms with Crippen LogP contribution < -0.4 is 9.47 Å². The second-order valence-electron chi connectivity index (χ2n) is 10.7. The fourth-order valence-corrected chi connectivity index (χ4v) is 11.3. The summed E-state index contributed by atoms with van der Waals surface area (Å²) >= 11 is 8.31. The van der Waals surface area contributed by atoms with Crippen molar-refractivity contribution in [1.29, 1.82) is 21.0 Å². The van der Waals surface area contributed by atoms with Crippen molar-refractivity contribution in [2.24, 2.45) is 0 Å². The summed E-state index contributed by atoms with van der Waals surface area (Å²) in [6, 6.07) is 20.6. The Labute approximate surface area is 307 Å². The average Bonchev–Trinajstić information content (AvgIpc) is 3.94. The summed E-state index contributed by atoms with van der Waals surface area (Å²) in [6.07, 6.45) is 7.09. The van der Waals surface area contributed by atoms with E-state index in [1.165, 1.54) is 11.1 Å². The first-order chi connectivity index (χ1) is 23.9. The van der Waals surface area contributed by atoms with Crippen molar-refractivity contribution in [3.63, 3.8) is 0 Å². The lowest BCUT2D eigenvalue weighted by atomic mass is 10.1. The van der Waals surface area contributed by atoms with Crippen molar-refractivity contribution < 1.29 is 9.47 Å². The molecule has 5 aromatic heterocycles. The zero-order valence-corrected chi connectivity index (χ0v) is 31.6. The minimum Gasteiger partial charge on any atom is -0.492 e. The number of nitriles is 4. The van der Waals surface area contributed by atoms with E-state index in [0.717, 1.165) is 86.0 Å². The Morgan fingerprint density at radius 2 is 0.959 bits per heavy atom. The topological polar surface area (TPSA) is 114 Å². The summed E-state index contributed by atoms with van der Waals surface area (Å²) in [4.78, 5) is 10.6. The summed E-state index contributed by atoms with van der Waals surface area (Å²) < 4.78 is 12.4. The highest BCUT2D eigenvalue weighted by Gasteiger charge is 2.22. The Bertz CT molecular complexity index is 2010. The van der Waals surface area contributed by atoms with E-state index >= 15 is 0 Å². The third-order valence-electron chi connectivity index (χ3n) is 7.25. The fraction of sp³-hybridized carbons (Fsp3) is 0.263. The van der Waals surface area contributed by atoms with E-state index < -0.39 is 0 Å². The fourth-order valence-electron chi connectivity index (χ4n) is 5.26. The lowest BCUT2D eigenvalue weighted by molar-refractivity contribution is 0.343. The number of nitrogens with zero attached hydrogens (tertiary/aromatic N) is 4. The van der Waals surface area contributed by atoms with Gasteiger partial charge in [0.25, 0.3) is 0 Å². The zero-order chi connectivity index (χ0) is 34.9. The van der Waals surface area contributed by atoms with Crippen LogP contribution in [0.4, 0.5) is 0 Å². The Hall–Kier alpha value is -4.46. The van der Waals surface area contributed by atoms with Gasteiger partial charge in [0.15, 0.2) is 0 Å². The number of hydrogen-bond donors (Lipinski definition) is 0. The standard InChI is InChI=1S/C38H32N4O2S5/c1-5-9-25-15-27(13-23(19-39)20-40)45-35(25)33-17-29(43-7-3)37(48-33)31-11-12-32(47-31)38-30(44-8-4)18-34(49-38)36-26(10-6-2)16-28(46-36)14-24(21-41)22-42/h11-18H,5-10H2,1-4H3. The SMILES string of the molecule is CCCc1cc(C=C(C#N)C#N)sc1-c1cc(OCC)c(-c2ccc(-c3sc(-c4sc(C=C(C#N)C#N)cc4CCC)cc3OCC)s2)s1. The van der Waals surface area contributed by atoms with Crippen LogP contribution in [0.1, 0.15) is 61.4 Å². The molecule has 0 fully saturated rings. The van der Waals surface area contributed by atoms with E-state index in [9.17, 15) is 21.0 Å². The van der Waals surface area contributed by atoms with Crippen molar-refractivity contribution in [3.8, 4) is 74.8 Å². The van der Waals surface area contributed by atoms with E-state index in [4.69, 9.17) is 9.47 Å². The number of thiophene rings is 5. The average molecular weight is 737 g/mol. The number of rotatable bonds is 14. The van der Waals surface area contributed by atoms with Gasteiger partial charge in [0.05, 0.1) is 23.0 Å². The molecular formula is C38H32N4O2S5. The van der Waals surface area contributed by atoms with Crippen LogP contribution in [-0.2, 0) is 12.8 Å². The molecule has 246 valence electrons. The molecule has 0 saturated heterocycles. The van der Waals surface area contributed by atoms with E-state index in [1.807, 2.05) is 38.1 Å². The van der Waals surface area contributed by atoms with E-state index in [-0.39, 0.29) is 11.1 Å². The monoisotopic (exact) mass is 736 g/mol. The molecule has 0 N–H and O–H groups in total. The minimum absolute atomic E-state index is 0.0945. The first-order valence-electron chi connectivity index (χ1n) is 15.8. The Kier molecular flexibility index (Phi) is 12.3. The maximum absolute atomic E-state index is 9.30. The normalized spacial score (nSPS) is 10.4. The van der Waals surface area contributed by atoms with Crippen molar-refractivity contribution in [3.05, 3.63) is 68.4 Å². The van der Waals surface area contributed by atoms with Gasteiger partial charge in [-0.15, -0.1) is 56.7 Å². The highest BCUT2D eigenvalue weighted by molar-refractivity contribution is 7.30. The van der Waals surface area contributed by atoms with Crippen molar-refractivity contribution >= 4 is 68.8 Å². The van der Waals surface area contributed by atoms with Gasteiger partial charge in [-0.05, 0) is 74.2 Å². The minimum atomic E-state index is 0.0945. The van der Waals surface area contributed by atoms with E-state index in [2.05, 4.69) is 50.2 Å². The summed E-state index contributed by atoms with van der Waals surface area (Å²) in [6.45, 7) is 9.36. The summed E-state index contributed by atoms with van der Waals surface area (Å²) in [5.74, 6) is 1.68. The Morgan fingerprint density at radius 3 is 1.31 bits per heavy atom. The number of aryl methyl sites for hydroxylation is 2. The van der Waals surface area contributed by atoms with E-state index in [0.29, 0.717) is 13.2 Å². The summed E-state index contributed by atoms with van der Waals surface area (Å²) in [5, 5.41) is 37.2. The molecule has 0 aliphatic heterocycles. The van der Waals surface area contributed by atoms with Crippen LogP contribution in [0.15, 0.2) is 47.5 Å². The molecule has 0 aromatic carbocycles. The van der Waals surface area contributed by atoms with Crippen LogP contribution >= 0.6 is 56.7 Å². The van der Waals surface area contributed by atoms with E-state index in [1.54, 1.807) is 68.8 Å². The van der Waals surface area contributed by atoms with Gasteiger partial charge in [-0.3, -0.25) is 0 Å². The molecule has 0 spiro atoms. The summed E-state index contributed by atoms with van der Waals surface area (Å²) in [5.41, 5.74) is 2.60. The molecule has 0 saturated carbocycles. The first kappa shape index (κ1) is 35.8. The number of ether oxygens (including phenoxy) is 2.